The standard InChI is InChI=1S/C26H30N4O3S/c31-26(29-13-7-8-14-29)24-19-23(20-27-24)34(32,33)30-17-15-28(16-18-30)25(21-9-3-1-4-10-21)22-11-5-2-6-12-22/h1-6,9-12,19-20,25,27H,7-8,13-18H2. The smallest absolute Gasteiger partial charge is 0.270 e. The second-order valence-corrected chi connectivity index (χ2v) is 10.9. The number of benzene rings is 2. The van der Waals surface area contributed by atoms with Crippen LogP contribution in [0.1, 0.15) is 40.5 Å². The number of carbonyl (C=O) groups is 1. The molecule has 3 heterocycles. The maximum Gasteiger partial charge on any atom is 0.270 e. The minimum atomic E-state index is -3.67. The molecule has 2 aromatic carbocycles. The highest BCUT2D eigenvalue weighted by atomic mass is 32.2. The summed E-state index contributed by atoms with van der Waals surface area (Å²) in [7, 11) is -3.67. The quantitative estimate of drug-likeness (QED) is 0.590. The van der Waals surface area contributed by atoms with Crippen LogP contribution in [0.2, 0.25) is 0 Å². The predicted octanol–water partition coefficient (Wildman–Crippen LogP) is 3.35. The first-order valence-corrected chi connectivity index (χ1v) is 13.3. The van der Waals surface area contributed by atoms with Gasteiger partial charge in [0.05, 0.1) is 6.04 Å². The molecule has 34 heavy (non-hydrogen) atoms. The summed E-state index contributed by atoms with van der Waals surface area (Å²) in [6, 6.07) is 22.2. The van der Waals surface area contributed by atoms with Crippen LogP contribution in [-0.4, -0.2) is 72.7 Å². The molecule has 0 aliphatic carbocycles. The minimum absolute atomic E-state index is 0.0733. The van der Waals surface area contributed by atoms with Crippen molar-refractivity contribution in [1.82, 2.24) is 19.1 Å². The maximum atomic E-state index is 13.3. The Balaban J connectivity index is 1.31. The minimum Gasteiger partial charge on any atom is -0.356 e. The zero-order chi connectivity index (χ0) is 23.5. The Morgan fingerprint density at radius 3 is 1.91 bits per heavy atom. The number of rotatable bonds is 6. The van der Waals surface area contributed by atoms with E-state index < -0.39 is 10.0 Å². The number of hydrogen-bond donors (Lipinski definition) is 1. The second kappa shape index (κ2) is 9.74. The van der Waals surface area contributed by atoms with Crippen LogP contribution in [0.15, 0.2) is 77.8 Å². The molecule has 1 aromatic heterocycles. The number of aromatic nitrogens is 1. The molecule has 1 amide bonds. The van der Waals surface area contributed by atoms with E-state index in [0.717, 1.165) is 25.9 Å². The molecule has 7 nitrogen and oxygen atoms in total. The summed E-state index contributed by atoms with van der Waals surface area (Å²) in [5, 5.41) is 0. The molecule has 0 atom stereocenters. The van der Waals surface area contributed by atoms with Gasteiger partial charge in [-0.2, -0.15) is 4.31 Å². The van der Waals surface area contributed by atoms with Gasteiger partial charge in [-0.1, -0.05) is 60.7 Å². The number of amides is 1. The summed E-state index contributed by atoms with van der Waals surface area (Å²) in [5.41, 5.74) is 2.73. The van der Waals surface area contributed by atoms with E-state index in [2.05, 4.69) is 34.1 Å². The molecule has 8 heteroatoms. The first kappa shape index (κ1) is 22.8. The maximum absolute atomic E-state index is 13.3. The molecule has 0 spiro atoms. The van der Waals surface area contributed by atoms with E-state index >= 15 is 0 Å². The van der Waals surface area contributed by atoms with Gasteiger partial charge in [0.2, 0.25) is 10.0 Å². The average Bonchev–Trinajstić information content (AvgIpc) is 3.59. The largest absolute Gasteiger partial charge is 0.356 e. The summed E-state index contributed by atoms with van der Waals surface area (Å²) in [6.45, 7) is 3.51. The number of H-pyrrole nitrogens is 1. The van der Waals surface area contributed by atoms with E-state index in [4.69, 9.17) is 0 Å². The molecule has 3 aromatic rings. The highest BCUT2D eigenvalue weighted by Crippen LogP contribution is 2.30. The predicted molar refractivity (Wildman–Crippen MR) is 131 cm³/mol. The lowest BCUT2D eigenvalue weighted by Gasteiger charge is -2.39. The number of sulfonamides is 1. The van der Waals surface area contributed by atoms with Crippen LogP contribution >= 0.6 is 0 Å². The van der Waals surface area contributed by atoms with Crippen LogP contribution in [0.3, 0.4) is 0 Å². The topological polar surface area (TPSA) is 76.7 Å². The van der Waals surface area contributed by atoms with Crippen molar-refractivity contribution in [2.75, 3.05) is 39.3 Å². The van der Waals surface area contributed by atoms with Gasteiger partial charge in [0.15, 0.2) is 0 Å². The molecule has 0 unspecified atom stereocenters. The third-order valence-electron chi connectivity index (χ3n) is 6.79. The van der Waals surface area contributed by atoms with E-state index in [-0.39, 0.29) is 16.8 Å². The molecule has 1 N–H and O–H groups in total. The van der Waals surface area contributed by atoms with E-state index in [1.807, 2.05) is 36.4 Å². The summed E-state index contributed by atoms with van der Waals surface area (Å²) in [4.78, 5) is 19.8. The third kappa shape index (κ3) is 4.53. The van der Waals surface area contributed by atoms with Crippen molar-refractivity contribution in [2.24, 2.45) is 0 Å². The van der Waals surface area contributed by atoms with E-state index in [1.165, 1.54) is 27.7 Å². The monoisotopic (exact) mass is 478 g/mol. The molecule has 0 saturated carbocycles. The van der Waals surface area contributed by atoms with Crippen molar-refractivity contribution in [3.63, 3.8) is 0 Å². The van der Waals surface area contributed by atoms with Gasteiger partial charge in [0.25, 0.3) is 5.91 Å². The number of aromatic amines is 1. The number of hydrogen-bond acceptors (Lipinski definition) is 4. The van der Waals surface area contributed by atoms with Gasteiger partial charge in [0, 0.05) is 45.5 Å². The van der Waals surface area contributed by atoms with Crippen LogP contribution in [0, 0.1) is 0 Å². The summed E-state index contributed by atoms with van der Waals surface area (Å²) < 4.78 is 28.2. The molecule has 2 fully saturated rings. The Morgan fingerprint density at radius 1 is 0.794 bits per heavy atom. The molecule has 2 aliphatic heterocycles. The molecule has 0 radical (unpaired) electrons. The summed E-state index contributed by atoms with van der Waals surface area (Å²) >= 11 is 0. The lowest BCUT2D eigenvalue weighted by Crippen LogP contribution is -2.49. The molecular weight excluding hydrogens is 448 g/mol. The summed E-state index contributed by atoms with van der Waals surface area (Å²) in [6.07, 6.45) is 3.44. The molecule has 2 aliphatic rings. The van der Waals surface area contributed by atoms with Crippen molar-refractivity contribution in [3.05, 3.63) is 89.7 Å². The van der Waals surface area contributed by atoms with Gasteiger partial charge in [-0.05, 0) is 30.0 Å². The summed E-state index contributed by atoms with van der Waals surface area (Å²) in [5.74, 6) is -0.127. The molecule has 0 bridgehead atoms. The van der Waals surface area contributed by atoms with Crippen molar-refractivity contribution in [3.8, 4) is 0 Å². The zero-order valence-electron chi connectivity index (χ0n) is 19.1. The van der Waals surface area contributed by atoms with Crippen molar-refractivity contribution in [2.45, 2.75) is 23.8 Å². The fourth-order valence-corrected chi connectivity index (χ4v) is 6.39. The number of carbonyl (C=O) groups excluding carboxylic acids is 1. The average molecular weight is 479 g/mol. The highest BCUT2D eigenvalue weighted by Gasteiger charge is 2.33. The fraction of sp³-hybridized carbons (Fsp3) is 0.346. The molecule has 2 saturated heterocycles. The number of likely N-dealkylation sites (tertiary alicyclic amines) is 1. The van der Waals surface area contributed by atoms with Gasteiger partial charge in [0.1, 0.15) is 10.6 Å². The van der Waals surface area contributed by atoms with Gasteiger partial charge >= 0.3 is 0 Å². The SMILES string of the molecule is O=C(c1cc(S(=O)(=O)N2CCN(C(c3ccccc3)c3ccccc3)CC2)c[nH]1)N1CCCC1. The number of nitrogens with one attached hydrogen (secondary N) is 1. The van der Waals surface area contributed by atoms with E-state index in [1.54, 1.807) is 4.90 Å². The highest BCUT2D eigenvalue weighted by molar-refractivity contribution is 7.89. The number of nitrogens with zero attached hydrogens (tertiary/aromatic N) is 3. The fourth-order valence-electron chi connectivity index (χ4n) is 4.97. The lowest BCUT2D eigenvalue weighted by atomic mass is 9.96. The zero-order valence-corrected chi connectivity index (χ0v) is 20.0. The van der Waals surface area contributed by atoms with Gasteiger partial charge in [-0.25, -0.2) is 8.42 Å². The van der Waals surface area contributed by atoms with Gasteiger partial charge < -0.3 is 9.88 Å². The number of piperazine rings is 1. The van der Waals surface area contributed by atoms with Crippen LogP contribution in [0.5, 0.6) is 0 Å². The normalized spacial score (nSPS) is 18.0. The van der Waals surface area contributed by atoms with Crippen LogP contribution in [0.4, 0.5) is 0 Å². The Hall–Kier alpha value is -2.94. The van der Waals surface area contributed by atoms with Gasteiger partial charge in [-0.3, -0.25) is 9.69 Å². The Labute approximate surface area is 201 Å². The first-order chi connectivity index (χ1) is 16.5. The van der Waals surface area contributed by atoms with Crippen LogP contribution in [-0.2, 0) is 10.0 Å². The van der Waals surface area contributed by atoms with E-state index in [0.29, 0.717) is 31.9 Å². The Morgan fingerprint density at radius 2 is 1.35 bits per heavy atom. The van der Waals surface area contributed by atoms with Crippen molar-refractivity contribution < 1.29 is 13.2 Å². The van der Waals surface area contributed by atoms with E-state index in [9.17, 15) is 13.2 Å². The molecular formula is C26H30N4O3S. The Kier molecular flexibility index (Phi) is 6.54. The second-order valence-electron chi connectivity index (χ2n) is 8.91. The lowest BCUT2D eigenvalue weighted by molar-refractivity contribution is 0.0787. The van der Waals surface area contributed by atoms with Gasteiger partial charge in [-0.15, -0.1) is 0 Å². The van der Waals surface area contributed by atoms with Crippen molar-refractivity contribution in [1.29, 1.82) is 0 Å². The third-order valence-corrected chi connectivity index (χ3v) is 8.66. The Bertz CT molecular complexity index is 1170. The van der Waals surface area contributed by atoms with Crippen LogP contribution in [0.25, 0.3) is 0 Å². The van der Waals surface area contributed by atoms with Crippen LogP contribution < -0.4 is 0 Å². The van der Waals surface area contributed by atoms with Crippen molar-refractivity contribution >= 4 is 15.9 Å². The first-order valence-electron chi connectivity index (χ1n) is 11.9. The molecule has 5 rings (SSSR count). The molecule has 178 valence electrons.